The molecule has 1 aromatic heterocycles. The van der Waals surface area contributed by atoms with Crippen LogP contribution in [0.3, 0.4) is 0 Å². The van der Waals surface area contributed by atoms with Gasteiger partial charge in [0.1, 0.15) is 11.6 Å². The number of hydrogen-bond acceptors (Lipinski definition) is 3. The molecule has 2 rings (SSSR count). The number of halogens is 2. The molecule has 1 amide bonds. The number of carbonyl (C=O) groups excluding carboxylic acids is 1. The molecule has 1 N–H and O–H groups in total. The predicted octanol–water partition coefficient (Wildman–Crippen LogP) is 3.93. The predicted molar refractivity (Wildman–Crippen MR) is 82.9 cm³/mol. The summed E-state index contributed by atoms with van der Waals surface area (Å²) >= 11 is 11.7. The zero-order chi connectivity index (χ0) is 15.2. The minimum atomic E-state index is -0.528. The normalized spacial score (nSPS) is 10.8. The Kier molecular flexibility index (Phi) is 4.94. The van der Waals surface area contributed by atoms with Gasteiger partial charge in [-0.15, -0.1) is 0 Å². The highest BCUT2D eigenvalue weighted by Gasteiger charge is 2.10. The zero-order valence-corrected chi connectivity index (χ0v) is 12.2. The maximum Gasteiger partial charge on any atom is 0.266 e. The van der Waals surface area contributed by atoms with E-state index in [0.717, 1.165) is 0 Å². The van der Waals surface area contributed by atoms with E-state index in [-0.39, 0.29) is 5.57 Å². The summed E-state index contributed by atoms with van der Waals surface area (Å²) < 4.78 is 0. The summed E-state index contributed by atoms with van der Waals surface area (Å²) in [4.78, 5) is 16.0. The molecule has 2 aromatic rings. The Morgan fingerprint density at radius 2 is 2.10 bits per heavy atom. The minimum Gasteiger partial charge on any atom is -0.321 e. The van der Waals surface area contributed by atoms with E-state index in [4.69, 9.17) is 28.5 Å². The first-order valence-corrected chi connectivity index (χ1v) is 6.64. The molecule has 6 heteroatoms. The van der Waals surface area contributed by atoms with E-state index in [1.807, 2.05) is 6.07 Å². The van der Waals surface area contributed by atoms with Crippen LogP contribution in [-0.4, -0.2) is 10.9 Å². The molecule has 0 bridgehead atoms. The van der Waals surface area contributed by atoms with E-state index in [1.165, 1.54) is 12.1 Å². The fraction of sp³-hybridized carbons (Fsp3) is 0. The lowest BCUT2D eigenvalue weighted by molar-refractivity contribution is -0.112. The minimum absolute atomic E-state index is 0.0333. The number of rotatable bonds is 3. The summed E-state index contributed by atoms with van der Waals surface area (Å²) in [6.45, 7) is 0. The van der Waals surface area contributed by atoms with E-state index in [2.05, 4.69) is 10.3 Å². The van der Waals surface area contributed by atoms with Crippen molar-refractivity contribution in [1.29, 1.82) is 5.26 Å². The number of nitrogens with one attached hydrogen (secondary N) is 1. The molecule has 104 valence electrons. The molecule has 4 nitrogen and oxygen atoms in total. The summed E-state index contributed by atoms with van der Waals surface area (Å²) in [5.41, 5.74) is 1.09. The fourth-order valence-corrected chi connectivity index (χ4v) is 1.85. The number of nitrogens with zero attached hydrogens (tertiary/aromatic N) is 2. The fourth-order valence-electron chi connectivity index (χ4n) is 1.55. The van der Waals surface area contributed by atoms with E-state index < -0.39 is 5.91 Å². The first-order chi connectivity index (χ1) is 10.1. The van der Waals surface area contributed by atoms with Gasteiger partial charge in [0.05, 0.1) is 10.0 Å². The van der Waals surface area contributed by atoms with Crippen molar-refractivity contribution in [1.82, 2.24) is 4.98 Å². The molecule has 0 aliphatic carbocycles. The summed E-state index contributed by atoms with van der Waals surface area (Å²) in [6, 6.07) is 10.0. The number of benzene rings is 1. The van der Waals surface area contributed by atoms with Gasteiger partial charge in [0, 0.05) is 18.1 Å². The van der Waals surface area contributed by atoms with Crippen molar-refractivity contribution in [3.63, 3.8) is 0 Å². The Hall–Kier alpha value is -2.35. The largest absolute Gasteiger partial charge is 0.321 e. The lowest BCUT2D eigenvalue weighted by atomic mass is 10.1. The molecule has 0 radical (unpaired) electrons. The van der Waals surface area contributed by atoms with Gasteiger partial charge >= 0.3 is 0 Å². The van der Waals surface area contributed by atoms with Crippen LogP contribution in [-0.2, 0) is 4.79 Å². The van der Waals surface area contributed by atoms with Crippen LogP contribution in [0.25, 0.3) is 6.08 Å². The third-order valence-corrected chi connectivity index (χ3v) is 3.28. The van der Waals surface area contributed by atoms with Crippen LogP contribution in [0.5, 0.6) is 0 Å². The highest BCUT2D eigenvalue weighted by molar-refractivity contribution is 6.42. The van der Waals surface area contributed by atoms with Gasteiger partial charge in [-0.05, 0) is 35.9 Å². The maximum atomic E-state index is 12.0. The van der Waals surface area contributed by atoms with Gasteiger partial charge in [0.25, 0.3) is 5.91 Å². The number of pyridine rings is 1. The molecule has 0 atom stereocenters. The van der Waals surface area contributed by atoms with E-state index in [9.17, 15) is 4.79 Å². The molecule has 0 fully saturated rings. The van der Waals surface area contributed by atoms with Crippen molar-refractivity contribution in [2.24, 2.45) is 0 Å². The van der Waals surface area contributed by atoms with Crippen LogP contribution in [0.1, 0.15) is 5.56 Å². The van der Waals surface area contributed by atoms with Crippen LogP contribution in [0.4, 0.5) is 5.69 Å². The van der Waals surface area contributed by atoms with Crippen LogP contribution in [0.15, 0.2) is 48.3 Å². The lowest BCUT2D eigenvalue weighted by Crippen LogP contribution is -2.13. The molecule has 21 heavy (non-hydrogen) atoms. The monoisotopic (exact) mass is 317 g/mol. The third kappa shape index (κ3) is 4.06. The molecule has 0 aliphatic heterocycles. The highest BCUT2D eigenvalue weighted by Crippen LogP contribution is 2.25. The average Bonchev–Trinajstić information content (AvgIpc) is 2.49. The van der Waals surface area contributed by atoms with E-state index >= 15 is 0 Å². The molecular formula is C15H9Cl2N3O. The highest BCUT2D eigenvalue weighted by atomic mass is 35.5. The number of anilines is 1. The van der Waals surface area contributed by atoms with Gasteiger partial charge in [-0.2, -0.15) is 5.26 Å². The van der Waals surface area contributed by atoms with Crippen LogP contribution >= 0.6 is 23.2 Å². The molecule has 0 saturated heterocycles. The van der Waals surface area contributed by atoms with Gasteiger partial charge in [-0.25, -0.2) is 0 Å². The number of aromatic nitrogens is 1. The van der Waals surface area contributed by atoms with Gasteiger partial charge in [-0.1, -0.05) is 29.3 Å². The van der Waals surface area contributed by atoms with Gasteiger partial charge in [0.15, 0.2) is 0 Å². The average molecular weight is 318 g/mol. The molecule has 0 aliphatic rings. The summed E-state index contributed by atoms with van der Waals surface area (Å²) in [6.07, 6.45) is 4.63. The maximum absolute atomic E-state index is 12.0. The molecule has 1 heterocycles. The van der Waals surface area contributed by atoms with Crippen LogP contribution < -0.4 is 5.32 Å². The molecular weight excluding hydrogens is 309 g/mol. The van der Waals surface area contributed by atoms with Crippen molar-refractivity contribution in [3.8, 4) is 6.07 Å². The molecule has 0 spiro atoms. The second kappa shape index (κ2) is 6.89. The lowest BCUT2D eigenvalue weighted by Gasteiger charge is -2.05. The van der Waals surface area contributed by atoms with Crippen LogP contribution in [0, 0.1) is 11.3 Å². The second-order valence-corrected chi connectivity index (χ2v) is 4.85. The number of amides is 1. The third-order valence-electron chi connectivity index (χ3n) is 2.54. The Balaban J connectivity index is 2.20. The van der Waals surface area contributed by atoms with Gasteiger partial charge < -0.3 is 5.32 Å². The summed E-state index contributed by atoms with van der Waals surface area (Å²) in [7, 11) is 0. The molecule has 1 aromatic carbocycles. The van der Waals surface area contributed by atoms with E-state index in [1.54, 1.807) is 36.7 Å². The Morgan fingerprint density at radius 3 is 2.71 bits per heavy atom. The Morgan fingerprint density at radius 1 is 1.29 bits per heavy atom. The molecule has 0 unspecified atom stereocenters. The summed E-state index contributed by atoms with van der Waals surface area (Å²) in [5.74, 6) is -0.528. The van der Waals surface area contributed by atoms with E-state index in [0.29, 0.717) is 21.3 Å². The van der Waals surface area contributed by atoms with Crippen molar-refractivity contribution >= 4 is 40.9 Å². The van der Waals surface area contributed by atoms with Crippen molar-refractivity contribution in [2.45, 2.75) is 0 Å². The quantitative estimate of drug-likeness (QED) is 0.689. The standard InChI is InChI=1S/C15H9Cl2N3O/c16-13-4-3-12(7-14(13)17)20-15(21)11(8-18)6-10-2-1-5-19-9-10/h1-7,9H,(H,20,21)/b11-6+. The zero-order valence-electron chi connectivity index (χ0n) is 10.7. The summed E-state index contributed by atoms with van der Waals surface area (Å²) in [5, 5.41) is 12.4. The SMILES string of the molecule is N#C/C(=C\c1cccnc1)C(=O)Nc1ccc(Cl)c(Cl)c1. The van der Waals surface area contributed by atoms with Crippen LogP contribution in [0.2, 0.25) is 10.0 Å². The topological polar surface area (TPSA) is 65.8 Å². The molecule has 0 saturated carbocycles. The van der Waals surface area contributed by atoms with Gasteiger partial charge in [0.2, 0.25) is 0 Å². The van der Waals surface area contributed by atoms with Crippen molar-refractivity contribution in [2.75, 3.05) is 5.32 Å². The first kappa shape index (κ1) is 15.0. The number of hydrogen-bond donors (Lipinski definition) is 1. The number of carbonyl (C=O) groups is 1. The second-order valence-electron chi connectivity index (χ2n) is 4.04. The Labute approximate surface area is 131 Å². The smallest absolute Gasteiger partial charge is 0.266 e. The van der Waals surface area contributed by atoms with Crippen molar-refractivity contribution < 1.29 is 4.79 Å². The Bertz CT molecular complexity index is 736. The van der Waals surface area contributed by atoms with Crippen molar-refractivity contribution in [3.05, 3.63) is 63.9 Å². The van der Waals surface area contributed by atoms with Gasteiger partial charge in [-0.3, -0.25) is 9.78 Å². The number of nitriles is 1. The first-order valence-electron chi connectivity index (χ1n) is 5.88.